The van der Waals surface area contributed by atoms with E-state index in [-0.39, 0.29) is 5.69 Å². The van der Waals surface area contributed by atoms with Gasteiger partial charge in [0.05, 0.1) is 4.90 Å². The van der Waals surface area contributed by atoms with Crippen LogP contribution in [-0.2, 0) is 20.2 Å². The van der Waals surface area contributed by atoms with E-state index < -0.39 is 35.9 Å². The van der Waals surface area contributed by atoms with Crippen molar-refractivity contribution in [2.24, 2.45) is 0 Å². The van der Waals surface area contributed by atoms with Crippen LogP contribution in [0.15, 0.2) is 52.3 Å². The number of hydrogen-bond donors (Lipinski definition) is 1. The number of benzene rings is 2. The standard InChI is InChI=1S/C12H8ClF2NO4S2/c13-8-1-3-9(4-2-8)16-22(19,20)10-5-6-11(14)12(7-10)21(15,17)18/h1-7,16H. The van der Waals surface area contributed by atoms with E-state index in [1.54, 1.807) is 0 Å². The van der Waals surface area contributed by atoms with Crippen molar-refractivity contribution in [1.29, 1.82) is 0 Å². The van der Waals surface area contributed by atoms with Crippen molar-refractivity contribution in [1.82, 2.24) is 0 Å². The van der Waals surface area contributed by atoms with Crippen LogP contribution in [0.25, 0.3) is 0 Å². The molecule has 22 heavy (non-hydrogen) atoms. The zero-order valence-corrected chi connectivity index (χ0v) is 13.0. The molecule has 0 unspecified atom stereocenters. The molecule has 0 bridgehead atoms. The molecule has 0 aliphatic rings. The molecular formula is C12H8ClF2NO4S2. The first kappa shape index (κ1) is 16.7. The molecule has 0 atom stereocenters. The fraction of sp³-hybridized carbons (Fsp3) is 0. The summed E-state index contributed by atoms with van der Waals surface area (Å²) >= 11 is 5.66. The Bertz CT molecular complexity index is 913. The van der Waals surface area contributed by atoms with Crippen LogP contribution in [0.2, 0.25) is 5.02 Å². The van der Waals surface area contributed by atoms with Gasteiger partial charge in [-0.3, -0.25) is 4.72 Å². The lowest BCUT2D eigenvalue weighted by Gasteiger charge is -2.09. The van der Waals surface area contributed by atoms with Gasteiger partial charge in [0.2, 0.25) is 0 Å². The van der Waals surface area contributed by atoms with Crippen LogP contribution in [0.5, 0.6) is 0 Å². The normalized spacial score (nSPS) is 12.1. The van der Waals surface area contributed by atoms with Crippen molar-refractivity contribution in [3.05, 3.63) is 53.3 Å². The molecule has 0 fully saturated rings. The third kappa shape index (κ3) is 3.73. The average molecular weight is 368 g/mol. The van der Waals surface area contributed by atoms with E-state index in [1.807, 2.05) is 0 Å². The molecule has 0 heterocycles. The summed E-state index contributed by atoms with van der Waals surface area (Å²) in [6.07, 6.45) is 0. The molecule has 2 aromatic carbocycles. The van der Waals surface area contributed by atoms with E-state index in [9.17, 15) is 25.1 Å². The highest BCUT2D eigenvalue weighted by Gasteiger charge is 2.23. The van der Waals surface area contributed by atoms with Gasteiger partial charge < -0.3 is 0 Å². The van der Waals surface area contributed by atoms with Crippen LogP contribution < -0.4 is 4.72 Å². The van der Waals surface area contributed by atoms with Gasteiger partial charge in [0.25, 0.3) is 10.0 Å². The molecule has 1 N–H and O–H groups in total. The first-order chi connectivity index (χ1) is 10.1. The van der Waals surface area contributed by atoms with Gasteiger partial charge >= 0.3 is 10.2 Å². The van der Waals surface area contributed by atoms with Gasteiger partial charge in [-0.25, -0.2) is 12.8 Å². The van der Waals surface area contributed by atoms with Crippen LogP contribution in [0.3, 0.4) is 0 Å². The molecule has 2 aromatic rings. The number of sulfonamides is 1. The fourth-order valence-electron chi connectivity index (χ4n) is 1.57. The quantitative estimate of drug-likeness (QED) is 0.842. The third-order valence-electron chi connectivity index (χ3n) is 2.57. The lowest BCUT2D eigenvalue weighted by Crippen LogP contribution is -2.13. The largest absolute Gasteiger partial charge is 0.335 e. The summed E-state index contributed by atoms with van der Waals surface area (Å²) < 4.78 is 74.1. The highest BCUT2D eigenvalue weighted by molar-refractivity contribution is 7.92. The summed E-state index contributed by atoms with van der Waals surface area (Å²) in [4.78, 5) is -1.94. The summed E-state index contributed by atoms with van der Waals surface area (Å²) in [5, 5.41) is 0.385. The number of hydrogen-bond acceptors (Lipinski definition) is 4. The average Bonchev–Trinajstić information content (AvgIpc) is 2.40. The lowest BCUT2D eigenvalue weighted by molar-refractivity contribution is 0.532. The van der Waals surface area contributed by atoms with Gasteiger partial charge in [0.15, 0.2) is 0 Å². The third-order valence-corrected chi connectivity index (χ3v) is 5.04. The molecule has 2 rings (SSSR count). The number of rotatable bonds is 4. The van der Waals surface area contributed by atoms with Crippen LogP contribution in [0.1, 0.15) is 0 Å². The first-order valence-corrected chi connectivity index (χ1v) is 8.87. The van der Waals surface area contributed by atoms with Gasteiger partial charge in [-0.2, -0.15) is 8.42 Å². The zero-order chi connectivity index (χ0) is 16.5. The van der Waals surface area contributed by atoms with Crippen LogP contribution >= 0.6 is 11.6 Å². The lowest BCUT2D eigenvalue weighted by atomic mass is 10.3. The maximum Gasteiger partial charge on any atom is 0.335 e. The molecule has 0 amide bonds. The maximum atomic E-state index is 13.3. The second kappa shape index (κ2) is 5.82. The van der Waals surface area contributed by atoms with Crippen molar-refractivity contribution in [3.63, 3.8) is 0 Å². The highest BCUT2D eigenvalue weighted by Crippen LogP contribution is 2.23. The second-order valence-electron chi connectivity index (χ2n) is 4.14. The van der Waals surface area contributed by atoms with Gasteiger partial charge in [-0.1, -0.05) is 11.6 Å². The Kier molecular flexibility index (Phi) is 4.41. The van der Waals surface area contributed by atoms with Crippen LogP contribution in [0, 0.1) is 5.82 Å². The maximum absolute atomic E-state index is 13.3. The van der Waals surface area contributed by atoms with Crippen LogP contribution in [0.4, 0.5) is 14.0 Å². The fourth-order valence-corrected chi connectivity index (χ4v) is 3.42. The molecule has 0 aliphatic carbocycles. The summed E-state index contributed by atoms with van der Waals surface area (Å²) in [5.74, 6) is -1.38. The predicted octanol–water partition coefficient (Wildman–Crippen LogP) is 2.94. The molecule has 0 radical (unpaired) electrons. The molecule has 5 nitrogen and oxygen atoms in total. The SMILES string of the molecule is O=S(=O)(F)c1cc(S(=O)(=O)Nc2ccc(Cl)cc2)ccc1F. The number of halogens is 3. The topological polar surface area (TPSA) is 80.3 Å². The molecule has 0 aromatic heterocycles. The molecule has 0 saturated heterocycles. The Hall–Kier alpha value is -1.71. The number of anilines is 1. The van der Waals surface area contributed by atoms with Crippen LogP contribution in [-0.4, -0.2) is 16.8 Å². The summed E-state index contributed by atoms with van der Waals surface area (Å²) in [6.45, 7) is 0. The Labute approximate surface area is 130 Å². The van der Waals surface area contributed by atoms with E-state index in [1.165, 1.54) is 24.3 Å². The zero-order valence-electron chi connectivity index (χ0n) is 10.6. The summed E-state index contributed by atoms with van der Waals surface area (Å²) in [7, 11) is -9.60. The minimum atomic E-state index is -5.38. The molecule has 0 aliphatic heterocycles. The Morgan fingerprint density at radius 1 is 0.955 bits per heavy atom. The van der Waals surface area contributed by atoms with Crippen molar-refractivity contribution in [2.45, 2.75) is 9.79 Å². The Morgan fingerprint density at radius 2 is 1.55 bits per heavy atom. The van der Waals surface area contributed by atoms with Gasteiger partial charge in [0, 0.05) is 10.7 Å². The first-order valence-electron chi connectivity index (χ1n) is 5.62. The minimum absolute atomic E-state index is 0.151. The number of nitrogens with one attached hydrogen (secondary N) is 1. The molecular weight excluding hydrogens is 360 g/mol. The molecule has 118 valence electrons. The van der Waals surface area contributed by atoms with E-state index in [0.717, 1.165) is 6.07 Å². The minimum Gasteiger partial charge on any atom is -0.280 e. The highest BCUT2D eigenvalue weighted by atomic mass is 35.5. The summed E-state index contributed by atoms with van der Waals surface area (Å²) in [5.41, 5.74) is 0.151. The van der Waals surface area contributed by atoms with Crippen molar-refractivity contribution in [2.75, 3.05) is 4.72 Å². The van der Waals surface area contributed by atoms with E-state index >= 15 is 0 Å². The van der Waals surface area contributed by atoms with E-state index in [4.69, 9.17) is 11.6 Å². The van der Waals surface area contributed by atoms with Crippen molar-refractivity contribution in [3.8, 4) is 0 Å². The van der Waals surface area contributed by atoms with E-state index in [2.05, 4.69) is 4.72 Å². The molecule has 0 saturated carbocycles. The second-order valence-corrected chi connectivity index (χ2v) is 7.58. The Morgan fingerprint density at radius 3 is 2.09 bits per heavy atom. The Balaban J connectivity index is 2.44. The van der Waals surface area contributed by atoms with Crippen molar-refractivity contribution >= 4 is 37.5 Å². The smallest absolute Gasteiger partial charge is 0.280 e. The van der Waals surface area contributed by atoms with Gasteiger partial charge in [-0.15, -0.1) is 3.89 Å². The summed E-state index contributed by atoms with van der Waals surface area (Å²) in [6, 6.07) is 7.39. The molecule has 10 heteroatoms. The van der Waals surface area contributed by atoms with Gasteiger partial charge in [-0.05, 0) is 42.5 Å². The molecule has 0 spiro atoms. The van der Waals surface area contributed by atoms with Gasteiger partial charge in [0.1, 0.15) is 10.7 Å². The van der Waals surface area contributed by atoms with E-state index in [0.29, 0.717) is 17.2 Å². The predicted molar refractivity (Wildman–Crippen MR) is 77.0 cm³/mol. The van der Waals surface area contributed by atoms with Crippen molar-refractivity contribution < 1.29 is 25.1 Å². The monoisotopic (exact) mass is 367 g/mol.